The Morgan fingerprint density at radius 2 is 1.90 bits per heavy atom. The molecule has 0 heterocycles. The molecule has 1 N–H and O–H groups in total. The number of methoxy groups -OCH3 is 1. The maximum atomic E-state index is 13.6. The molecule has 0 spiro atoms. The lowest BCUT2D eigenvalue weighted by molar-refractivity contribution is 0.122. The maximum absolute atomic E-state index is 13.6. The van der Waals surface area contributed by atoms with Crippen LogP contribution >= 0.6 is 0 Å². The molecule has 0 aliphatic heterocycles. The molecule has 0 fully saturated rings. The van der Waals surface area contributed by atoms with Gasteiger partial charge in [0.2, 0.25) is 10.0 Å². The summed E-state index contributed by atoms with van der Waals surface area (Å²) >= 11 is 0. The van der Waals surface area contributed by atoms with Crippen LogP contribution in [0.3, 0.4) is 0 Å². The highest BCUT2D eigenvalue weighted by Crippen LogP contribution is 2.19. The minimum absolute atomic E-state index is 0.0542. The second-order valence-electron chi connectivity index (χ2n) is 4.26. The van der Waals surface area contributed by atoms with E-state index in [0.717, 1.165) is 24.5 Å². The topological polar surface area (TPSA) is 89.5 Å². The second kappa shape index (κ2) is 6.17. The van der Waals surface area contributed by atoms with Gasteiger partial charge in [0.05, 0.1) is 11.0 Å². The summed E-state index contributed by atoms with van der Waals surface area (Å²) in [6, 6.07) is 2.62. The lowest BCUT2D eigenvalue weighted by Crippen LogP contribution is -2.32. The third kappa shape index (κ3) is 4.23. The summed E-state index contributed by atoms with van der Waals surface area (Å²) in [4.78, 5) is -0.970. The van der Waals surface area contributed by atoms with Crippen molar-refractivity contribution in [1.82, 2.24) is 4.72 Å². The van der Waals surface area contributed by atoms with Crippen molar-refractivity contribution in [3.05, 3.63) is 24.0 Å². The summed E-state index contributed by atoms with van der Waals surface area (Å²) in [5.74, 6) is -1.02. The molecule has 0 saturated heterocycles. The quantitative estimate of drug-likeness (QED) is 0.771. The molecule has 0 aliphatic carbocycles. The smallest absolute Gasteiger partial charge is 0.243 e. The van der Waals surface area contributed by atoms with E-state index in [9.17, 15) is 21.2 Å². The van der Waals surface area contributed by atoms with Gasteiger partial charge in [-0.3, -0.25) is 0 Å². The Kier molecular flexibility index (Phi) is 5.25. The maximum Gasteiger partial charge on any atom is 0.243 e. The van der Waals surface area contributed by atoms with E-state index in [0.29, 0.717) is 0 Å². The van der Waals surface area contributed by atoms with Gasteiger partial charge in [0.25, 0.3) is 0 Å². The van der Waals surface area contributed by atoms with E-state index >= 15 is 0 Å². The molecule has 1 aromatic carbocycles. The fourth-order valence-electron chi connectivity index (χ4n) is 1.31. The summed E-state index contributed by atoms with van der Waals surface area (Å²) in [6.45, 7) is 1.58. The molecule has 0 bridgehead atoms. The van der Waals surface area contributed by atoms with Gasteiger partial charge >= 0.3 is 0 Å². The fraction of sp³-hybridized carbons (Fsp3) is 0.455. The molecule has 0 aliphatic rings. The molecule has 1 unspecified atom stereocenters. The molecular formula is C11H16FNO5S2. The van der Waals surface area contributed by atoms with Crippen molar-refractivity contribution in [3.63, 3.8) is 0 Å². The number of rotatable bonds is 6. The molecule has 114 valence electrons. The predicted octanol–water partition coefficient (Wildman–Crippen LogP) is 0.542. The van der Waals surface area contributed by atoms with Gasteiger partial charge in [-0.25, -0.2) is 25.9 Å². The average molecular weight is 325 g/mol. The third-order valence-corrected chi connectivity index (χ3v) is 5.13. The summed E-state index contributed by atoms with van der Waals surface area (Å²) in [7, 11) is -6.36. The van der Waals surface area contributed by atoms with Crippen LogP contribution in [0.5, 0.6) is 0 Å². The Labute approximate surface area is 117 Å². The van der Waals surface area contributed by atoms with E-state index in [1.165, 1.54) is 7.11 Å². The van der Waals surface area contributed by atoms with Crippen LogP contribution in [-0.2, 0) is 24.6 Å². The molecule has 1 aromatic rings. The molecule has 0 saturated carbocycles. The van der Waals surface area contributed by atoms with Gasteiger partial charge in [-0.2, -0.15) is 0 Å². The van der Waals surface area contributed by atoms with Gasteiger partial charge in [-0.15, -0.1) is 0 Å². The Bertz CT molecular complexity index is 685. The molecule has 0 radical (unpaired) electrons. The van der Waals surface area contributed by atoms with E-state index in [1.807, 2.05) is 0 Å². The van der Waals surface area contributed by atoms with Gasteiger partial charge < -0.3 is 4.74 Å². The number of hydrogen-bond donors (Lipinski definition) is 1. The zero-order valence-electron chi connectivity index (χ0n) is 11.3. The molecule has 0 amide bonds. The minimum Gasteiger partial charge on any atom is -0.380 e. The Morgan fingerprint density at radius 3 is 2.40 bits per heavy atom. The minimum atomic E-state index is -4.15. The molecule has 0 aromatic heterocycles. The van der Waals surface area contributed by atoms with Crippen LogP contribution in [0.1, 0.15) is 6.92 Å². The van der Waals surface area contributed by atoms with Crippen LogP contribution < -0.4 is 4.72 Å². The number of nitrogens with one attached hydrogen (secondary N) is 1. The Balaban J connectivity index is 3.18. The number of halogens is 1. The monoisotopic (exact) mass is 325 g/mol. The molecule has 1 rings (SSSR count). The lowest BCUT2D eigenvalue weighted by Gasteiger charge is -2.12. The summed E-state index contributed by atoms with van der Waals surface area (Å²) in [6.07, 6.45) is 0.516. The SMILES string of the molecule is COC(C)CNS(=O)(=O)c1cc(S(C)(=O)=O)ccc1F. The van der Waals surface area contributed by atoms with Crippen molar-refractivity contribution in [2.75, 3.05) is 19.9 Å². The normalized spacial score (nSPS) is 14.2. The van der Waals surface area contributed by atoms with Gasteiger partial charge in [0.15, 0.2) is 9.84 Å². The fourth-order valence-corrected chi connectivity index (χ4v) is 3.25. The van der Waals surface area contributed by atoms with Crippen molar-refractivity contribution >= 4 is 19.9 Å². The van der Waals surface area contributed by atoms with Gasteiger partial charge in [-0.05, 0) is 25.1 Å². The number of hydrogen-bond acceptors (Lipinski definition) is 5. The number of benzene rings is 1. The predicted molar refractivity (Wildman–Crippen MR) is 71.2 cm³/mol. The van der Waals surface area contributed by atoms with Crippen LogP contribution in [-0.4, -0.2) is 42.8 Å². The zero-order chi connectivity index (χ0) is 15.6. The van der Waals surface area contributed by atoms with E-state index in [1.54, 1.807) is 6.92 Å². The van der Waals surface area contributed by atoms with Crippen LogP contribution in [0.4, 0.5) is 4.39 Å². The van der Waals surface area contributed by atoms with Gasteiger partial charge in [0.1, 0.15) is 10.7 Å². The number of ether oxygens (including phenoxy) is 1. The molecule has 1 atom stereocenters. The van der Waals surface area contributed by atoms with Crippen molar-refractivity contribution in [3.8, 4) is 0 Å². The van der Waals surface area contributed by atoms with Crippen LogP contribution in [0.2, 0.25) is 0 Å². The summed E-state index contributed by atoms with van der Waals surface area (Å²) in [5, 5.41) is 0. The average Bonchev–Trinajstić information content (AvgIpc) is 2.34. The van der Waals surface area contributed by atoms with Crippen molar-refractivity contribution in [1.29, 1.82) is 0 Å². The van der Waals surface area contributed by atoms with E-state index < -0.39 is 36.7 Å². The first-order chi connectivity index (χ1) is 9.08. The Hall–Kier alpha value is -1.03. The largest absolute Gasteiger partial charge is 0.380 e. The molecular weight excluding hydrogens is 309 g/mol. The van der Waals surface area contributed by atoms with Crippen LogP contribution in [0, 0.1) is 5.82 Å². The second-order valence-corrected chi connectivity index (χ2v) is 8.01. The highest BCUT2D eigenvalue weighted by atomic mass is 32.2. The summed E-state index contributed by atoms with van der Waals surface area (Å²) in [5.41, 5.74) is 0. The van der Waals surface area contributed by atoms with E-state index in [-0.39, 0.29) is 11.4 Å². The number of sulfone groups is 1. The first kappa shape index (κ1) is 17.0. The standard InChI is InChI=1S/C11H16FNO5S2/c1-8(18-2)7-13-20(16,17)11-6-9(19(3,14)15)4-5-10(11)12/h4-6,8,13H,7H2,1-3H3. The van der Waals surface area contributed by atoms with Crippen LogP contribution in [0.25, 0.3) is 0 Å². The van der Waals surface area contributed by atoms with Crippen LogP contribution in [0.15, 0.2) is 28.0 Å². The zero-order valence-corrected chi connectivity index (χ0v) is 12.9. The molecule has 6 nitrogen and oxygen atoms in total. The van der Waals surface area contributed by atoms with E-state index in [2.05, 4.69) is 4.72 Å². The number of sulfonamides is 1. The first-order valence-electron chi connectivity index (χ1n) is 5.60. The third-order valence-electron chi connectivity index (χ3n) is 2.58. The van der Waals surface area contributed by atoms with E-state index in [4.69, 9.17) is 4.74 Å². The highest BCUT2D eigenvalue weighted by molar-refractivity contribution is 7.91. The van der Waals surface area contributed by atoms with Gasteiger partial charge in [0, 0.05) is 19.9 Å². The highest BCUT2D eigenvalue weighted by Gasteiger charge is 2.22. The molecule has 20 heavy (non-hydrogen) atoms. The van der Waals surface area contributed by atoms with Crippen molar-refractivity contribution < 1.29 is 26.0 Å². The Morgan fingerprint density at radius 1 is 1.30 bits per heavy atom. The lowest BCUT2D eigenvalue weighted by atomic mass is 10.3. The summed E-state index contributed by atoms with van der Waals surface area (Å²) < 4.78 is 67.3. The van der Waals surface area contributed by atoms with Crippen molar-refractivity contribution in [2.24, 2.45) is 0 Å². The first-order valence-corrected chi connectivity index (χ1v) is 8.97. The van der Waals surface area contributed by atoms with Gasteiger partial charge in [-0.1, -0.05) is 0 Å². The van der Waals surface area contributed by atoms with Crippen molar-refractivity contribution in [2.45, 2.75) is 22.8 Å². The molecule has 9 heteroatoms.